The van der Waals surface area contributed by atoms with Crippen LogP contribution in [-0.4, -0.2) is 35.5 Å². The summed E-state index contributed by atoms with van der Waals surface area (Å²) in [5, 5.41) is 0.354. The van der Waals surface area contributed by atoms with Gasteiger partial charge in [-0.25, -0.2) is 4.98 Å². The van der Waals surface area contributed by atoms with E-state index in [-0.39, 0.29) is 0 Å². The molecule has 0 N–H and O–H groups in total. The van der Waals surface area contributed by atoms with Gasteiger partial charge in [-0.3, -0.25) is 4.90 Å². The summed E-state index contributed by atoms with van der Waals surface area (Å²) in [6.45, 7) is 3.03. The number of ether oxygens (including phenoxy) is 1. The molecule has 4 heteroatoms. The second-order valence-electron chi connectivity index (χ2n) is 4.12. The number of nitrogens with zero attached hydrogens (tertiary/aromatic N) is 2. The van der Waals surface area contributed by atoms with Crippen LogP contribution >= 0.6 is 11.6 Å². The van der Waals surface area contributed by atoms with Gasteiger partial charge in [0, 0.05) is 23.7 Å². The quantitative estimate of drug-likeness (QED) is 0.758. The molecule has 3 nitrogen and oxygen atoms in total. The average molecular weight is 241 g/mol. The summed E-state index contributed by atoms with van der Waals surface area (Å²) in [5.74, 6) is 0.732. The van der Waals surface area contributed by atoms with Crippen LogP contribution in [-0.2, 0) is 6.54 Å². The van der Waals surface area contributed by atoms with Crippen LogP contribution in [0.5, 0.6) is 5.88 Å². The van der Waals surface area contributed by atoms with Crippen LogP contribution in [0.3, 0.4) is 0 Å². The Morgan fingerprint density at radius 2 is 2.25 bits per heavy atom. The van der Waals surface area contributed by atoms with E-state index in [1.165, 1.54) is 0 Å². The molecule has 0 aliphatic carbocycles. The van der Waals surface area contributed by atoms with Gasteiger partial charge in [0.25, 0.3) is 0 Å². The second-order valence-corrected chi connectivity index (χ2v) is 4.74. The number of hydrogen-bond donors (Lipinski definition) is 0. The number of methoxy groups -OCH3 is 1. The lowest BCUT2D eigenvalue weighted by Gasteiger charge is -2.29. The maximum atomic E-state index is 6.08. The number of hydrogen-bond acceptors (Lipinski definition) is 3. The monoisotopic (exact) mass is 240 g/mol. The van der Waals surface area contributed by atoms with Crippen molar-refractivity contribution >= 4 is 11.6 Å². The van der Waals surface area contributed by atoms with Crippen molar-refractivity contribution in [3.8, 4) is 5.88 Å². The first-order chi connectivity index (χ1) is 7.79. The molecule has 0 bridgehead atoms. The highest BCUT2D eigenvalue weighted by Crippen LogP contribution is 2.20. The minimum Gasteiger partial charge on any atom is -0.481 e. The highest BCUT2D eigenvalue weighted by molar-refractivity contribution is 6.20. The fraction of sp³-hybridized carbons (Fsp3) is 0.583. The van der Waals surface area contributed by atoms with E-state index in [1.807, 2.05) is 6.07 Å². The molecule has 1 aliphatic rings. The summed E-state index contributed by atoms with van der Waals surface area (Å²) in [5.41, 5.74) is 1.15. The Balaban J connectivity index is 1.98. The fourth-order valence-corrected chi connectivity index (χ4v) is 2.22. The molecule has 1 aromatic heterocycles. The highest BCUT2D eigenvalue weighted by atomic mass is 35.5. The predicted octanol–water partition coefficient (Wildman–Crippen LogP) is 2.29. The number of rotatable bonds is 3. The third-order valence-corrected chi connectivity index (χ3v) is 3.39. The molecule has 2 rings (SSSR count). The average Bonchev–Trinajstić information content (AvgIpc) is 2.33. The molecule has 2 heterocycles. The second kappa shape index (κ2) is 5.51. The van der Waals surface area contributed by atoms with E-state index in [0.717, 1.165) is 43.9 Å². The molecule has 0 atom stereocenters. The van der Waals surface area contributed by atoms with Gasteiger partial charge in [0.2, 0.25) is 5.88 Å². The largest absolute Gasteiger partial charge is 0.481 e. The first-order valence-electron chi connectivity index (χ1n) is 5.64. The number of pyridine rings is 1. The van der Waals surface area contributed by atoms with E-state index in [2.05, 4.69) is 16.0 Å². The van der Waals surface area contributed by atoms with Crippen LogP contribution in [0.4, 0.5) is 0 Å². The summed E-state index contributed by atoms with van der Waals surface area (Å²) >= 11 is 6.08. The molecule has 0 saturated carbocycles. The lowest BCUT2D eigenvalue weighted by Crippen LogP contribution is -2.33. The van der Waals surface area contributed by atoms with Crippen LogP contribution < -0.4 is 4.74 Å². The minimum atomic E-state index is 0.354. The fourth-order valence-electron chi connectivity index (χ4n) is 2.03. The zero-order valence-electron chi connectivity index (χ0n) is 9.53. The van der Waals surface area contributed by atoms with Gasteiger partial charge in [0.05, 0.1) is 7.11 Å². The summed E-state index contributed by atoms with van der Waals surface area (Å²) in [6.07, 6.45) is 3.90. The molecule has 0 amide bonds. The summed E-state index contributed by atoms with van der Waals surface area (Å²) < 4.78 is 5.24. The zero-order chi connectivity index (χ0) is 11.4. The molecule has 0 aromatic carbocycles. The Morgan fingerprint density at radius 3 is 2.94 bits per heavy atom. The molecule has 16 heavy (non-hydrogen) atoms. The van der Waals surface area contributed by atoms with Gasteiger partial charge in [-0.1, -0.05) is 6.07 Å². The van der Waals surface area contributed by atoms with Crippen molar-refractivity contribution in [1.29, 1.82) is 0 Å². The van der Waals surface area contributed by atoms with Crippen molar-refractivity contribution in [1.82, 2.24) is 9.88 Å². The molecule has 1 saturated heterocycles. The third kappa shape index (κ3) is 2.86. The van der Waals surface area contributed by atoms with Gasteiger partial charge in [-0.15, -0.1) is 11.6 Å². The summed E-state index contributed by atoms with van der Waals surface area (Å²) in [6, 6.07) is 4.02. The Hall–Kier alpha value is -0.800. The van der Waals surface area contributed by atoms with Crippen molar-refractivity contribution in [3.05, 3.63) is 23.9 Å². The van der Waals surface area contributed by atoms with Crippen molar-refractivity contribution in [3.63, 3.8) is 0 Å². The lowest BCUT2D eigenvalue weighted by atomic mass is 10.1. The predicted molar refractivity (Wildman–Crippen MR) is 64.9 cm³/mol. The summed E-state index contributed by atoms with van der Waals surface area (Å²) in [4.78, 5) is 6.60. The van der Waals surface area contributed by atoms with E-state index in [1.54, 1.807) is 13.3 Å². The van der Waals surface area contributed by atoms with E-state index in [9.17, 15) is 0 Å². The molecule has 88 valence electrons. The third-order valence-electron chi connectivity index (χ3n) is 2.95. The Kier molecular flexibility index (Phi) is 4.02. The SMILES string of the molecule is COc1ncccc1CN1CCC(Cl)CC1. The molecular formula is C12H17ClN2O. The minimum absolute atomic E-state index is 0.354. The smallest absolute Gasteiger partial charge is 0.217 e. The van der Waals surface area contributed by atoms with Gasteiger partial charge in [-0.2, -0.15) is 0 Å². The van der Waals surface area contributed by atoms with Gasteiger partial charge in [0.15, 0.2) is 0 Å². The van der Waals surface area contributed by atoms with Gasteiger partial charge in [0.1, 0.15) is 0 Å². The van der Waals surface area contributed by atoms with Crippen LogP contribution in [0.15, 0.2) is 18.3 Å². The normalized spacial score (nSPS) is 18.6. The Bertz CT molecular complexity index is 338. The van der Waals surface area contributed by atoms with E-state index >= 15 is 0 Å². The maximum absolute atomic E-state index is 6.08. The molecule has 1 aliphatic heterocycles. The lowest BCUT2D eigenvalue weighted by molar-refractivity contribution is 0.220. The molecule has 0 unspecified atom stereocenters. The van der Waals surface area contributed by atoms with Crippen molar-refractivity contribution in [2.24, 2.45) is 0 Å². The highest BCUT2D eigenvalue weighted by Gasteiger charge is 2.18. The van der Waals surface area contributed by atoms with Crippen LogP contribution in [0, 0.1) is 0 Å². The van der Waals surface area contributed by atoms with Crippen molar-refractivity contribution < 1.29 is 4.74 Å². The van der Waals surface area contributed by atoms with Gasteiger partial charge >= 0.3 is 0 Å². The molecule has 0 radical (unpaired) electrons. The van der Waals surface area contributed by atoms with E-state index in [4.69, 9.17) is 16.3 Å². The number of piperidine rings is 1. The van der Waals surface area contributed by atoms with Gasteiger partial charge < -0.3 is 4.74 Å². The number of aromatic nitrogens is 1. The van der Waals surface area contributed by atoms with Crippen molar-refractivity contribution in [2.45, 2.75) is 24.8 Å². The molecule has 0 spiro atoms. The first-order valence-corrected chi connectivity index (χ1v) is 6.07. The first kappa shape index (κ1) is 11.7. The standard InChI is InChI=1S/C12H17ClN2O/c1-16-12-10(3-2-6-14-12)9-15-7-4-11(13)5-8-15/h2-3,6,11H,4-5,7-9H2,1H3. The zero-order valence-corrected chi connectivity index (χ0v) is 10.3. The molecule has 1 aromatic rings. The van der Waals surface area contributed by atoms with Crippen LogP contribution in [0.25, 0.3) is 0 Å². The van der Waals surface area contributed by atoms with Gasteiger partial charge in [-0.05, 0) is 32.0 Å². The van der Waals surface area contributed by atoms with E-state index in [0.29, 0.717) is 5.38 Å². The molecule has 1 fully saturated rings. The Morgan fingerprint density at radius 1 is 1.50 bits per heavy atom. The van der Waals surface area contributed by atoms with E-state index < -0.39 is 0 Å². The number of alkyl halides is 1. The number of likely N-dealkylation sites (tertiary alicyclic amines) is 1. The topological polar surface area (TPSA) is 25.4 Å². The van der Waals surface area contributed by atoms with Crippen LogP contribution in [0.1, 0.15) is 18.4 Å². The van der Waals surface area contributed by atoms with Crippen molar-refractivity contribution in [2.75, 3.05) is 20.2 Å². The summed E-state index contributed by atoms with van der Waals surface area (Å²) in [7, 11) is 1.66. The van der Waals surface area contributed by atoms with Crippen LogP contribution in [0.2, 0.25) is 0 Å². The maximum Gasteiger partial charge on any atom is 0.217 e. The number of halogens is 1. The molecular weight excluding hydrogens is 224 g/mol. The Labute approximate surface area is 101 Å².